The van der Waals surface area contributed by atoms with Crippen LogP contribution in [-0.2, 0) is 21.4 Å². The molecule has 0 aliphatic carbocycles. The van der Waals surface area contributed by atoms with Crippen LogP contribution in [-0.4, -0.2) is 39.4 Å². The summed E-state index contributed by atoms with van der Waals surface area (Å²) in [6, 6.07) is 12.0. The number of anilines is 1. The van der Waals surface area contributed by atoms with Gasteiger partial charge in [0.2, 0.25) is 5.28 Å². The molecule has 2 aromatic heterocycles. The standard InChI is InChI=1S/C20H14Cl2N6O5S/c21-18-17-19(25-20(22)24-18)26(11-23-17)16-9-27(13-6-2-1-5-12(13)10-33-16)34(31,32)15-8-4-3-7-14(15)28(29)30/h1-8,11,16H,9-10H2. The van der Waals surface area contributed by atoms with Crippen LogP contribution in [0.4, 0.5) is 11.4 Å². The SMILES string of the molecule is O=[N+]([O-])c1ccccc1S(=O)(=O)N1CC(n2cnc3c(Cl)nc(Cl)nc32)OCc2ccccc21. The van der Waals surface area contributed by atoms with Crippen LogP contribution in [0.1, 0.15) is 11.8 Å². The second-order valence-electron chi connectivity index (χ2n) is 7.26. The van der Waals surface area contributed by atoms with Gasteiger partial charge in [0.1, 0.15) is 5.52 Å². The maximum absolute atomic E-state index is 13.8. The molecule has 1 aliphatic heterocycles. The quantitative estimate of drug-likeness (QED) is 0.171. The molecular weight excluding hydrogens is 507 g/mol. The predicted octanol–water partition coefficient (Wildman–Crippen LogP) is 3.97. The minimum absolute atomic E-state index is 0.0371. The summed E-state index contributed by atoms with van der Waals surface area (Å²) < 4.78 is 36.2. The second kappa shape index (κ2) is 8.47. The van der Waals surface area contributed by atoms with Crippen LogP contribution in [0.3, 0.4) is 0 Å². The zero-order valence-corrected chi connectivity index (χ0v) is 19.4. The van der Waals surface area contributed by atoms with Gasteiger partial charge in [0.05, 0.1) is 30.1 Å². The van der Waals surface area contributed by atoms with Crippen molar-refractivity contribution in [3.05, 3.63) is 81.0 Å². The van der Waals surface area contributed by atoms with Crippen molar-refractivity contribution >= 4 is 55.8 Å². The van der Waals surface area contributed by atoms with E-state index in [0.29, 0.717) is 11.3 Å². The number of para-hydroxylation sites is 2. The van der Waals surface area contributed by atoms with Gasteiger partial charge in [0.15, 0.2) is 21.9 Å². The number of fused-ring (bicyclic) bond motifs is 2. The Kier molecular flexibility index (Phi) is 5.60. The molecule has 2 aromatic carbocycles. The lowest BCUT2D eigenvalue weighted by atomic mass is 10.2. The monoisotopic (exact) mass is 520 g/mol. The lowest BCUT2D eigenvalue weighted by Gasteiger charge is -2.27. The lowest BCUT2D eigenvalue weighted by Crippen LogP contribution is -2.36. The number of benzene rings is 2. The van der Waals surface area contributed by atoms with E-state index < -0.39 is 31.8 Å². The van der Waals surface area contributed by atoms with E-state index in [-0.39, 0.29) is 34.8 Å². The molecule has 0 bridgehead atoms. The van der Waals surface area contributed by atoms with Crippen molar-refractivity contribution in [3.8, 4) is 0 Å². The van der Waals surface area contributed by atoms with Crippen LogP contribution in [0.5, 0.6) is 0 Å². The van der Waals surface area contributed by atoms with E-state index in [1.165, 1.54) is 29.1 Å². The topological polar surface area (TPSA) is 133 Å². The van der Waals surface area contributed by atoms with Crippen LogP contribution >= 0.6 is 23.2 Å². The molecule has 0 fully saturated rings. The number of nitrogens with zero attached hydrogens (tertiary/aromatic N) is 6. The maximum atomic E-state index is 13.8. The summed E-state index contributed by atoms with van der Waals surface area (Å²) >= 11 is 12.1. The molecule has 1 unspecified atom stereocenters. The molecule has 1 atom stereocenters. The first-order valence-electron chi connectivity index (χ1n) is 9.78. The number of sulfonamides is 1. The van der Waals surface area contributed by atoms with Crippen LogP contribution in [0, 0.1) is 10.1 Å². The first-order chi connectivity index (χ1) is 16.3. The molecule has 0 radical (unpaired) electrons. The van der Waals surface area contributed by atoms with Gasteiger partial charge in [-0.25, -0.2) is 18.4 Å². The van der Waals surface area contributed by atoms with Crippen LogP contribution in [0.15, 0.2) is 59.8 Å². The molecule has 0 amide bonds. The van der Waals surface area contributed by atoms with E-state index in [0.717, 1.165) is 10.4 Å². The highest BCUT2D eigenvalue weighted by Gasteiger charge is 2.37. The van der Waals surface area contributed by atoms with E-state index in [1.807, 2.05) is 0 Å². The average Bonchev–Trinajstić information content (AvgIpc) is 3.13. The van der Waals surface area contributed by atoms with Gasteiger partial charge in [0, 0.05) is 11.6 Å². The Morgan fingerprint density at radius 1 is 1.09 bits per heavy atom. The molecule has 0 saturated carbocycles. The third-order valence-electron chi connectivity index (χ3n) is 5.31. The summed E-state index contributed by atoms with van der Waals surface area (Å²) in [4.78, 5) is 22.7. The maximum Gasteiger partial charge on any atom is 0.289 e. The Hall–Kier alpha value is -3.32. The fourth-order valence-corrected chi connectivity index (χ4v) is 5.84. The Bertz CT molecular complexity index is 1540. The number of aromatic nitrogens is 4. The number of ether oxygens (including phenoxy) is 1. The first kappa shape index (κ1) is 22.5. The number of nitro benzene ring substituents is 1. The van der Waals surface area contributed by atoms with Crippen molar-refractivity contribution in [1.29, 1.82) is 0 Å². The van der Waals surface area contributed by atoms with Gasteiger partial charge in [-0.1, -0.05) is 41.9 Å². The van der Waals surface area contributed by atoms with Crippen molar-refractivity contribution in [1.82, 2.24) is 19.5 Å². The van der Waals surface area contributed by atoms with E-state index >= 15 is 0 Å². The Balaban J connectivity index is 1.66. The van der Waals surface area contributed by atoms with Crippen LogP contribution in [0.2, 0.25) is 10.4 Å². The van der Waals surface area contributed by atoms with Gasteiger partial charge in [-0.15, -0.1) is 0 Å². The lowest BCUT2D eigenvalue weighted by molar-refractivity contribution is -0.387. The zero-order chi connectivity index (χ0) is 24.0. The molecule has 0 saturated heterocycles. The molecule has 0 N–H and O–H groups in total. The predicted molar refractivity (Wildman–Crippen MR) is 123 cm³/mol. The third kappa shape index (κ3) is 3.74. The summed E-state index contributed by atoms with van der Waals surface area (Å²) in [5.74, 6) is 0. The highest BCUT2D eigenvalue weighted by molar-refractivity contribution is 7.93. The molecule has 4 aromatic rings. The molecular formula is C20H14Cl2N6O5S. The molecule has 3 heterocycles. The number of hydrogen-bond donors (Lipinski definition) is 0. The molecule has 1 aliphatic rings. The van der Waals surface area contributed by atoms with Crippen LogP contribution in [0.25, 0.3) is 11.2 Å². The molecule has 0 spiro atoms. The first-order valence-corrected chi connectivity index (χ1v) is 12.0. The summed E-state index contributed by atoms with van der Waals surface area (Å²) in [6.07, 6.45) is 0.495. The Labute approximate surface area is 202 Å². The van der Waals surface area contributed by atoms with E-state index in [1.54, 1.807) is 24.3 Å². The van der Waals surface area contributed by atoms with Crippen molar-refractivity contribution in [2.24, 2.45) is 0 Å². The van der Waals surface area contributed by atoms with Gasteiger partial charge < -0.3 is 4.74 Å². The van der Waals surface area contributed by atoms with Gasteiger partial charge in [0.25, 0.3) is 15.7 Å². The van der Waals surface area contributed by atoms with Crippen LogP contribution < -0.4 is 4.31 Å². The largest absolute Gasteiger partial charge is 0.351 e. The Morgan fingerprint density at radius 2 is 1.82 bits per heavy atom. The molecule has 11 nitrogen and oxygen atoms in total. The summed E-state index contributed by atoms with van der Waals surface area (Å²) in [7, 11) is -4.37. The highest BCUT2D eigenvalue weighted by atomic mass is 35.5. The van der Waals surface area contributed by atoms with Crippen molar-refractivity contribution in [2.75, 3.05) is 10.8 Å². The van der Waals surface area contributed by atoms with Crippen molar-refractivity contribution in [2.45, 2.75) is 17.7 Å². The van der Waals surface area contributed by atoms with Gasteiger partial charge in [-0.2, -0.15) is 4.98 Å². The zero-order valence-electron chi connectivity index (χ0n) is 17.1. The van der Waals surface area contributed by atoms with Gasteiger partial charge >= 0.3 is 0 Å². The number of halogens is 2. The third-order valence-corrected chi connectivity index (χ3v) is 7.57. The number of rotatable bonds is 4. The number of nitro groups is 1. The smallest absolute Gasteiger partial charge is 0.289 e. The highest BCUT2D eigenvalue weighted by Crippen LogP contribution is 2.36. The number of hydrogen-bond acceptors (Lipinski definition) is 8. The average molecular weight is 521 g/mol. The van der Waals surface area contributed by atoms with E-state index in [9.17, 15) is 18.5 Å². The summed E-state index contributed by atoms with van der Waals surface area (Å²) in [5, 5.41) is 11.5. The van der Waals surface area contributed by atoms with Gasteiger partial charge in [-0.3, -0.25) is 19.0 Å². The van der Waals surface area contributed by atoms with Gasteiger partial charge in [-0.05, 0) is 23.7 Å². The molecule has 174 valence electrons. The second-order valence-corrected chi connectivity index (χ2v) is 9.79. The fraction of sp³-hybridized carbons (Fsp3) is 0.150. The Morgan fingerprint density at radius 3 is 2.62 bits per heavy atom. The number of imidazole rings is 1. The summed E-state index contributed by atoms with van der Waals surface area (Å²) in [6.45, 7) is -0.161. The minimum atomic E-state index is -4.37. The van der Waals surface area contributed by atoms with E-state index in [2.05, 4.69) is 15.0 Å². The normalized spacial score (nSPS) is 16.3. The molecule has 14 heteroatoms. The minimum Gasteiger partial charge on any atom is -0.351 e. The fourth-order valence-electron chi connectivity index (χ4n) is 3.76. The van der Waals surface area contributed by atoms with Crippen molar-refractivity contribution < 1.29 is 18.1 Å². The van der Waals surface area contributed by atoms with Crippen molar-refractivity contribution in [3.63, 3.8) is 0 Å². The van der Waals surface area contributed by atoms with E-state index in [4.69, 9.17) is 27.9 Å². The molecule has 5 rings (SSSR count). The molecule has 34 heavy (non-hydrogen) atoms. The summed E-state index contributed by atoms with van der Waals surface area (Å²) in [5.41, 5.74) is 0.926.